The molecule has 0 spiro atoms. The summed E-state index contributed by atoms with van der Waals surface area (Å²) < 4.78 is 128. The number of alkyl halides is 3. The fraction of sp³-hybridized carbons (Fsp3) is 0.231. The largest absolute Gasteiger partial charge is 0.407 e. The van der Waals surface area contributed by atoms with Crippen molar-refractivity contribution in [1.29, 1.82) is 5.26 Å². The number of hydrogen-bond acceptors (Lipinski definition) is 4. The van der Waals surface area contributed by atoms with Gasteiger partial charge in [-0.2, -0.15) is 23.5 Å². The number of halogens is 11. The lowest BCUT2D eigenvalue weighted by Crippen LogP contribution is -2.39. The van der Waals surface area contributed by atoms with Crippen LogP contribution in [0.3, 0.4) is 0 Å². The molecule has 0 saturated carbocycles. The van der Waals surface area contributed by atoms with Gasteiger partial charge in [-0.1, -0.05) is 42.6 Å². The van der Waals surface area contributed by atoms with Crippen molar-refractivity contribution in [3.63, 3.8) is 0 Å². The third-order valence-electron chi connectivity index (χ3n) is 3.53. The van der Waals surface area contributed by atoms with Crippen LogP contribution in [-0.2, 0) is 10.0 Å². The van der Waals surface area contributed by atoms with Crippen molar-refractivity contribution in [1.82, 2.24) is 9.78 Å². The first kappa shape index (κ1) is 27.0. The SMILES string of the molecule is CS(=O)(=O)N(CC(F)(F)F)c1c(C#N)nn(-c2c(Cl)cc(S(F)(F)(F)(F)F)cc2Cl)c1I. The molecule has 0 unspecified atom stereocenters. The van der Waals surface area contributed by atoms with Crippen molar-refractivity contribution in [3.05, 3.63) is 31.6 Å². The van der Waals surface area contributed by atoms with Gasteiger partial charge in [0.15, 0.2) is 5.69 Å². The van der Waals surface area contributed by atoms with Gasteiger partial charge in [0.25, 0.3) is 0 Å². The zero-order valence-electron chi connectivity index (χ0n) is 14.9. The van der Waals surface area contributed by atoms with Crippen LogP contribution in [0.15, 0.2) is 17.0 Å². The van der Waals surface area contributed by atoms with Gasteiger partial charge in [0.05, 0.1) is 16.3 Å². The summed E-state index contributed by atoms with van der Waals surface area (Å²) in [5.41, 5.74) is -2.45. The van der Waals surface area contributed by atoms with Crippen LogP contribution < -0.4 is 4.31 Å². The van der Waals surface area contributed by atoms with Crippen LogP contribution in [0, 0.1) is 15.0 Å². The lowest BCUT2D eigenvalue weighted by molar-refractivity contribution is -0.117. The smallest absolute Gasteiger partial charge is 0.256 e. The van der Waals surface area contributed by atoms with Gasteiger partial charge in [0.2, 0.25) is 10.0 Å². The van der Waals surface area contributed by atoms with Crippen LogP contribution in [0.25, 0.3) is 5.69 Å². The molecule has 0 N–H and O–H groups in total. The van der Waals surface area contributed by atoms with Gasteiger partial charge < -0.3 is 0 Å². The maximum atomic E-state index is 13.1. The quantitative estimate of drug-likeness (QED) is 0.265. The monoisotopic (exact) mass is 664 g/mol. The number of nitriles is 1. The Balaban J connectivity index is 2.84. The average Bonchev–Trinajstić information content (AvgIpc) is 2.84. The molecule has 0 aliphatic carbocycles. The molecule has 0 atom stereocenters. The van der Waals surface area contributed by atoms with E-state index in [4.69, 9.17) is 23.2 Å². The number of rotatable bonds is 5. The highest BCUT2D eigenvalue weighted by Gasteiger charge is 2.65. The molecule has 0 aliphatic rings. The Morgan fingerprint density at radius 3 is 2.00 bits per heavy atom. The van der Waals surface area contributed by atoms with E-state index in [1.807, 2.05) is 0 Å². The summed E-state index contributed by atoms with van der Waals surface area (Å²) in [6.07, 6.45) is -4.64. The van der Waals surface area contributed by atoms with Gasteiger partial charge in [0, 0.05) is 0 Å². The zero-order valence-corrected chi connectivity index (χ0v) is 20.2. The second-order valence-corrected chi connectivity index (χ2v) is 12.3. The van der Waals surface area contributed by atoms with E-state index in [1.165, 1.54) is 28.7 Å². The Kier molecular flexibility index (Phi) is 6.23. The van der Waals surface area contributed by atoms with Crippen LogP contribution in [0.4, 0.5) is 38.3 Å². The number of aromatic nitrogens is 2. The van der Waals surface area contributed by atoms with E-state index in [0.717, 1.165) is 0 Å². The molecule has 2 aromatic rings. The van der Waals surface area contributed by atoms with Gasteiger partial charge in [-0.05, 0) is 34.7 Å². The van der Waals surface area contributed by atoms with Crippen molar-refractivity contribution in [2.24, 2.45) is 0 Å². The summed E-state index contributed by atoms with van der Waals surface area (Å²) in [4.78, 5) is -2.44. The molecular weight excluding hydrogens is 658 g/mol. The normalized spacial score (nSPS) is 15.1. The number of anilines is 1. The Morgan fingerprint density at radius 2 is 1.66 bits per heavy atom. The molecule has 1 aromatic heterocycles. The van der Waals surface area contributed by atoms with Gasteiger partial charge >= 0.3 is 16.4 Å². The zero-order chi connectivity index (χ0) is 25.1. The highest BCUT2D eigenvalue weighted by Crippen LogP contribution is 3.02. The minimum atomic E-state index is -10.2. The minimum absolute atomic E-state index is 0.169. The second kappa shape index (κ2) is 7.38. The molecule has 0 aliphatic heterocycles. The van der Waals surface area contributed by atoms with Crippen molar-refractivity contribution >= 4 is 71.7 Å². The van der Waals surface area contributed by atoms with Gasteiger partial charge in [0.1, 0.15) is 32.6 Å². The van der Waals surface area contributed by atoms with Gasteiger partial charge in [-0.3, -0.25) is 4.31 Å². The molecule has 2 rings (SSSR count). The van der Waals surface area contributed by atoms with Crippen LogP contribution >= 0.6 is 56.0 Å². The van der Waals surface area contributed by atoms with Gasteiger partial charge in [-0.15, -0.1) is 0 Å². The van der Waals surface area contributed by atoms with E-state index in [-0.39, 0.29) is 16.4 Å². The Hall–Kier alpha value is -1.23. The van der Waals surface area contributed by atoms with Crippen LogP contribution in [0.1, 0.15) is 5.69 Å². The fourth-order valence-electron chi connectivity index (χ4n) is 2.33. The lowest BCUT2D eigenvalue weighted by atomic mass is 10.3. The molecule has 0 amide bonds. The van der Waals surface area contributed by atoms with E-state index in [2.05, 4.69) is 5.10 Å². The topological polar surface area (TPSA) is 79.0 Å². The molecule has 0 fully saturated rings. The fourth-order valence-corrected chi connectivity index (χ4v) is 5.73. The molecule has 19 heteroatoms. The predicted octanol–water partition coefficient (Wildman–Crippen LogP) is 6.64. The second-order valence-electron chi connectivity index (χ2n) is 6.10. The molecular formula is C13H7Cl2F8IN4O2S2. The molecule has 1 heterocycles. The standard InChI is InChI=1S/C13H7Cl2F8IN4O2S2/c1-31(29,30)27(5-13(16,17)18)11-9(4-25)26-28(12(11)24)10-7(14)2-6(3-8(10)15)32(19,20,21,22)23/h2-3H,5H2,1H3. The third kappa shape index (κ3) is 5.81. The maximum absolute atomic E-state index is 13.1. The summed E-state index contributed by atoms with van der Waals surface area (Å²) in [5, 5.41) is 10.7. The first-order valence-corrected chi connectivity index (χ1v) is 13.1. The molecule has 180 valence electrons. The molecule has 1 aromatic carbocycles. The van der Waals surface area contributed by atoms with E-state index in [0.29, 0.717) is 10.9 Å². The van der Waals surface area contributed by atoms with E-state index in [1.54, 1.807) is 0 Å². The molecule has 0 bridgehead atoms. The number of hydrogen-bond donors (Lipinski definition) is 0. The minimum Gasteiger partial charge on any atom is -0.256 e. The van der Waals surface area contributed by atoms with Crippen LogP contribution in [0.5, 0.6) is 0 Å². The van der Waals surface area contributed by atoms with E-state index < -0.39 is 68.7 Å². The highest BCUT2D eigenvalue weighted by atomic mass is 127. The number of sulfonamides is 1. The Morgan fingerprint density at radius 1 is 1.19 bits per heavy atom. The van der Waals surface area contributed by atoms with Crippen molar-refractivity contribution in [2.45, 2.75) is 11.1 Å². The lowest BCUT2D eigenvalue weighted by Gasteiger charge is -2.40. The first-order valence-electron chi connectivity index (χ1n) is 7.43. The third-order valence-corrected chi connectivity index (χ3v) is 7.31. The molecule has 32 heavy (non-hydrogen) atoms. The summed E-state index contributed by atoms with van der Waals surface area (Å²) >= 11 is 12.6. The van der Waals surface area contributed by atoms with Crippen molar-refractivity contribution in [3.8, 4) is 11.8 Å². The van der Waals surface area contributed by atoms with E-state index >= 15 is 0 Å². The average molecular weight is 665 g/mol. The number of benzene rings is 1. The van der Waals surface area contributed by atoms with E-state index in [9.17, 15) is 46.3 Å². The highest BCUT2D eigenvalue weighted by molar-refractivity contribution is 14.1. The predicted molar refractivity (Wildman–Crippen MR) is 111 cm³/mol. The van der Waals surface area contributed by atoms with Crippen molar-refractivity contribution < 1.29 is 41.0 Å². The Labute approximate surface area is 198 Å². The molecule has 0 saturated heterocycles. The summed E-state index contributed by atoms with van der Waals surface area (Å²) in [6, 6.07) is 1.02. The maximum Gasteiger partial charge on any atom is 0.407 e. The van der Waals surface area contributed by atoms with Crippen LogP contribution in [0.2, 0.25) is 10.0 Å². The van der Waals surface area contributed by atoms with Crippen molar-refractivity contribution in [2.75, 3.05) is 17.1 Å². The molecule has 6 nitrogen and oxygen atoms in total. The molecule has 0 radical (unpaired) electrons. The summed E-state index contributed by atoms with van der Waals surface area (Å²) in [6.45, 7) is -2.06. The first-order chi connectivity index (χ1) is 14.0. The summed E-state index contributed by atoms with van der Waals surface area (Å²) in [7, 11) is -14.8. The number of nitrogens with zero attached hydrogens (tertiary/aromatic N) is 4. The summed E-state index contributed by atoms with van der Waals surface area (Å²) in [5.74, 6) is 0. The van der Waals surface area contributed by atoms with Gasteiger partial charge in [-0.25, -0.2) is 13.1 Å². The Bertz CT molecular complexity index is 1230. The van der Waals surface area contributed by atoms with Crippen LogP contribution in [-0.4, -0.2) is 37.2 Å².